The molecule has 1 amide bonds. The lowest BCUT2D eigenvalue weighted by atomic mass is 10.0. The average molecular weight is 291 g/mol. The van der Waals surface area contributed by atoms with Crippen molar-refractivity contribution in [2.24, 2.45) is 0 Å². The number of anilines is 1. The number of carbonyl (C=O) groups excluding carboxylic acids is 1. The lowest BCUT2D eigenvalue weighted by Crippen LogP contribution is -2.48. The molecule has 0 saturated carbocycles. The number of likely N-dealkylation sites (tertiary alicyclic amines) is 1. The molecule has 5 nitrogen and oxygen atoms in total. The second kappa shape index (κ2) is 6.78. The summed E-state index contributed by atoms with van der Waals surface area (Å²) < 4.78 is 5.51. The van der Waals surface area contributed by atoms with Crippen molar-refractivity contribution in [1.82, 2.24) is 9.88 Å². The molecular formula is C16H25N3O2. The Labute approximate surface area is 126 Å². The SMILES string of the molecule is CC(C)(C)OC(=O)N1CCCC[C@@H]1CNc1cccnc1. The van der Waals surface area contributed by atoms with Gasteiger partial charge in [-0.3, -0.25) is 4.98 Å². The average Bonchev–Trinajstić information content (AvgIpc) is 2.45. The molecule has 0 spiro atoms. The molecule has 0 aromatic carbocycles. The number of amides is 1. The molecule has 1 atom stereocenters. The van der Waals surface area contributed by atoms with Crippen LogP contribution in [0.1, 0.15) is 40.0 Å². The number of piperidine rings is 1. The zero-order valence-corrected chi connectivity index (χ0v) is 13.1. The largest absolute Gasteiger partial charge is 0.444 e. The maximum absolute atomic E-state index is 12.3. The van der Waals surface area contributed by atoms with Crippen LogP contribution in [-0.4, -0.2) is 40.7 Å². The van der Waals surface area contributed by atoms with Crippen LogP contribution in [0.15, 0.2) is 24.5 Å². The molecule has 5 heteroatoms. The summed E-state index contributed by atoms with van der Waals surface area (Å²) in [5.41, 5.74) is 0.530. The molecule has 0 unspecified atom stereocenters. The van der Waals surface area contributed by atoms with E-state index in [1.165, 1.54) is 0 Å². The van der Waals surface area contributed by atoms with Crippen LogP contribution in [0.2, 0.25) is 0 Å². The molecule has 116 valence electrons. The van der Waals surface area contributed by atoms with Gasteiger partial charge in [0.25, 0.3) is 0 Å². The maximum atomic E-state index is 12.3. The molecule has 1 aromatic rings. The molecule has 21 heavy (non-hydrogen) atoms. The van der Waals surface area contributed by atoms with E-state index in [0.29, 0.717) is 0 Å². The first-order valence-electron chi connectivity index (χ1n) is 7.59. The fraction of sp³-hybridized carbons (Fsp3) is 0.625. The van der Waals surface area contributed by atoms with Crippen LogP contribution >= 0.6 is 0 Å². The summed E-state index contributed by atoms with van der Waals surface area (Å²) in [4.78, 5) is 18.2. The highest BCUT2D eigenvalue weighted by atomic mass is 16.6. The van der Waals surface area contributed by atoms with E-state index in [2.05, 4.69) is 10.3 Å². The molecular weight excluding hydrogens is 266 g/mol. The fourth-order valence-corrected chi connectivity index (χ4v) is 2.48. The number of nitrogens with one attached hydrogen (secondary N) is 1. The van der Waals surface area contributed by atoms with Crippen LogP contribution in [0.25, 0.3) is 0 Å². The number of pyridine rings is 1. The van der Waals surface area contributed by atoms with E-state index in [1.54, 1.807) is 12.4 Å². The highest BCUT2D eigenvalue weighted by Crippen LogP contribution is 2.21. The predicted octanol–water partition coefficient (Wildman–Crippen LogP) is 3.28. The Balaban J connectivity index is 1.94. The van der Waals surface area contributed by atoms with E-state index in [1.807, 2.05) is 37.8 Å². The third-order valence-electron chi connectivity index (χ3n) is 3.46. The van der Waals surface area contributed by atoms with Crippen LogP contribution in [0, 0.1) is 0 Å². The minimum absolute atomic E-state index is 0.175. The first-order chi connectivity index (χ1) is 9.96. The number of hydrogen-bond acceptors (Lipinski definition) is 4. The molecule has 2 heterocycles. The van der Waals surface area contributed by atoms with E-state index in [0.717, 1.165) is 38.0 Å². The van der Waals surface area contributed by atoms with Crippen LogP contribution in [0.3, 0.4) is 0 Å². The van der Waals surface area contributed by atoms with Crippen LogP contribution in [-0.2, 0) is 4.74 Å². The molecule has 0 aliphatic carbocycles. The number of hydrogen-bond donors (Lipinski definition) is 1. The van der Waals surface area contributed by atoms with E-state index in [-0.39, 0.29) is 12.1 Å². The Morgan fingerprint density at radius 3 is 2.95 bits per heavy atom. The summed E-state index contributed by atoms with van der Waals surface area (Å²) in [5.74, 6) is 0. The van der Waals surface area contributed by atoms with Gasteiger partial charge in [0, 0.05) is 25.5 Å². The van der Waals surface area contributed by atoms with Crippen molar-refractivity contribution in [3.8, 4) is 0 Å². The third kappa shape index (κ3) is 4.92. The van der Waals surface area contributed by atoms with Gasteiger partial charge in [0.1, 0.15) is 5.60 Å². The molecule has 2 rings (SSSR count). The first-order valence-corrected chi connectivity index (χ1v) is 7.59. The summed E-state index contributed by atoms with van der Waals surface area (Å²) in [5, 5.41) is 3.35. The monoisotopic (exact) mass is 291 g/mol. The topological polar surface area (TPSA) is 54.5 Å². The van der Waals surface area contributed by atoms with Gasteiger partial charge in [-0.05, 0) is 52.2 Å². The van der Waals surface area contributed by atoms with Gasteiger partial charge in [-0.15, -0.1) is 0 Å². The molecule has 1 aromatic heterocycles. The predicted molar refractivity (Wildman–Crippen MR) is 83.3 cm³/mol. The second-order valence-electron chi connectivity index (χ2n) is 6.45. The molecule has 0 radical (unpaired) electrons. The van der Waals surface area contributed by atoms with Crippen molar-refractivity contribution >= 4 is 11.8 Å². The smallest absolute Gasteiger partial charge is 0.410 e. The standard InChI is InChI=1S/C16H25N3O2/c1-16(2,3)21-15(20)19-10-5-4-8-14(19)12-18-13-7-6-9-17-11-13/h6-7,9,11,14,18H,4-5,8,10,12H2,1-3H3/t14-/m1/s1. The van der Waals surface area contributed by atoms with Gasteiger partial charge < -0.3 is 15.0 Å². The summed E-state index contributed by atoms with van der Waals surface area (Å²) in [6.07, 6.45) is 6.54. The first kappa shape index (κ1) is 15.6. The van der Waals surface area contributed by atoms with Gasteiger partial charge in [-0.2, -0.15) is 0 Å². The normalized spacial score (nSPS) is 19.2. The van der Waals surface area contributed by atoms with Gasteiger partial charge >= 0.3 is 6.09 Å². The van der Waals surface area contributed by atoms with Gasteiger partial charge in [0.2, 0.25) is 0 Å². The van der Waals surface area contributed by atoms with Crippen molar-refractivity contribution in [3.63, 3.8) is 0 Å². The zero-order valence-electron chi connectivity index (χ0n) is 13.1. The minimum Gasteiger partial charge on any atom is -0.444 e. The zero-order chi connectivity index (χ0) is 15.3. The fourth-order valence-electron chi connectivity index (χ4n) is 2.48. The second-order valence-corrected chi connectivity index (χ2v) is 6.45. The summed E-state index contributed by atoms with van der Waals surface area (Å²) in [7, 11) is 0. The molecule has 1 fully saturated rings. The molecule has 1 saturated heterocycles. The summed E-state index contributed by atoms with van der Waals surface area (Å²) in [6, 6.07) is 4.05. The third-order valence-corrected chi connectivity index (χ3v) is 3.46. The Morgan fingerprint density at radius 2 is 2.29 bits per heavy atom. The van der Waals surface area contributed by atoms with Crippen molar-refractivity contribution in [3.05, 3.63) is 24.5 Å². The Kier molecular flexibility index (Phi) is 5.04. The quantitative estimate of drug-likeness (QED) is 0.928. The lowest BCUT2D eigenvalue weighted by Gasteiger charge is -2.37. The van der Waals surface area contributed by atoms with Crippen LogP contribution in [0.4, 0.5) is 10.5 Å². The van der Waals surface area contributed by atoms with E-state index in [4.69, 9.17) is 4.74 Å². The maximum Gasteiger partial charge on any atom is 0.410 e. The number of ether oxygens (including phenoxy) is 1. The number of carbonyl (C=O) groups is 1. The van der Waals surface area contributed by atoms with E-state index < -0.39 is 5.60 Å². The Morgan fingerprint density at radius 1 is 1.48 bits per heavy atom. The number of rotatable bonds is 3. The Bertz CT molecular complexity index is 456. The van der Waals surface area contributed by atoms with E-state index in [9.17, 15) is 4.79 Å². The van der Waals surface area contributed by atoms with Crippen LogP contribution in [0.5, 0.6) is 0 Å². The highest BCUT2D eigenvalue weighted by molar-refractivity contribution is 5.68. The highest BCUT2D eigenvalue weighted by Gasteiger charge is 2.30. The van der Waals surface area contributed by atoms with Gasteiger partial charge in [0.05, 0.1) is 11.7 Å². The molecule has 1 aliphatic rings. The van der Waals surface area contributed by atoms with Crippen LogP contribution < -0.4 is 5.32 Å². The van der Waals surface area contributed by atoms with Gasteiger partial charge in [-0.25, -0.2) is 4.79 Å². The van der Waals surface area contributed by atoms with Crippen molar-refractivity contribution in [2.75, 3.05) is 18.4 Å². The van der Waals surface area contributed by atoms with E-state index >= 15 is 0 Å². The number of nitrogens with zero attached hydrogens (tertiary/aromatic N) is 2. The van der Waals surface area contributed by atoms with Crippen molar-refractivity contribution < 1.29 is 9.53 Å². The summed E-state index contributed by atoms with van der Waals surface area (Å²) >= 11 is 0. The molecule has 1 N–H and O–H groups in total. The van der Waals surface area contributed by atoms with Gasteiger partial charge in [0.15, 0.2) is 0 Å². The minimum atomic E-state index is -0.449. The molecule has 1 aliphatic heterocycles. The van der Waals surface area contributed by atoms with Crippen molar-refractivity contribution in [2.45, 2.75) is 51.7 Å². The Hall–Kier alpha value is -1.78. The molecule has 0 bridgehead atoms. The summed E-state index contributed by atoms with van der Waals surface area (Å²) in [6.45, 7) is 7.20. The van der Waals surface area contributed by atoms with Crippen molar-refractivity contribution in [1.29, 1.82) is 0 Å². The lowest BCUT2D eigenvalue weighted by molar-refractivity contribution is 0.0114. The van der Waals surface area contributed by atoms with Gasteiger partial charge in [-0.1, -0.05) is 0 Å². The number of aromatic nitrogens is 1.